The number of carbonyl (C=O) groups is 1. The van der Waals surface area contributed by atoms with Crippen molar-refractivity contribution in [1.29, 1.82) is 0 Å². The summed E-state index contributed by atoms with van der Waals surface area (Å²) < 4.78 is 38.4. The normalized spacial score (nSPS) is 14.4. The summed E-state index contributed by atoms with van der Waals surface area (Å²) in [7, 11) is -4.52. The molecule has 1 atom stereocenters. The fourth-order valence-electron chi connectivity index (χ4n) is 1.30. The van der Waals surface area contributed by atoms with Crippen LogP contribution in [0.4, 0.5) is 8.68 Å². The van der Waals surface area contributed by atoms with Gasteiger partial charge >= 0.3 is 16.3 Å². The van der Waals surface area contributed by atoms with Gasteiger partial charge in [0, 0.05) is 6.04 Å². The summed E-state index contributed by atoms with van der Waals surface area (Å²) in [4.78, 5) is 11.5. The van der Waals surface area contributed by atoms with Crippen molar-refractivity contribution in [1.82, 2.24) is 5.32 Å². The number of hydrogen-bond acceptors (Lipinski definition) is 4. The molecule has 1 unspecified atom stereocenters. The minimum atomic E-state index is -4.52. The van der Waals surface area contributed by atoms with Gasteiger partial charge in [-0.25, -0.2) is 4.79 Å². The van der Waals surface area contributed by atoms with E-state index in [1.54, 1.807) is 20.8 Å². The second kappa shape index (κ2) is 6.36. The van der Waals surface area contributed by atoms with Crippen molar-refractivity contribution in [3.63, 3.8) is 0 Å². The second-order valence-corrected chi connectivity index (χ2v) is 7.01. The Hall–Kier alpha value is -0.850. The molecule has 5 nitrogen and oxygen atoms in total. The maximum atomic E-state index is 12.4. The molecular formula is C11H22FNO4S. The van der Waals surface area contributed by atoms with Crippen LogP contribution < -0.4 is 5.32 Å². The number of nitrogens with one attached hydrogen (secondary N) is 1. The molecule has 0 aliphatic heterocycles. The molecule has 1 N–H and O–H groups in total. The zero-order chi connectivity index (χ0) is 14.6. The Morgan fingerprint density at radius 1 is 1.33 bits per heavy atom. The molecule has 0 aromatic heterocycles. The predicted octanol–water partition coefficient (Wildman–Crippen LogP) is 2.23. The van der Waals surface area contributed by atoms with E-state index in [9.17, 15) is 17.1 Å². The highest BCUT2D eigenvalue weighted by Gasteiger charge is 2.23. The lowest BCUT2D eigenvalue weighted by Gasteiger charge is -2.25. The maximum Gasteiger partial charge on any atom is 0.407 e. The van der Waals surface area contributed by atoms with Crippen LogP contribution in [0, 0.1) is 5.92 Å². The number of ether oxygens (including phenoxy) is 1. The van der Waals surface area contributed by atoms with Crippen LogP contribution in [0.2, 0.25) is 0 Å². The molecule has 0 spiro atoms. The number of alkyl carbamates (subject to hydrolysis) is 1. The third-order valence-electron chi connectivity index (χ3n) is 2.18. The van der Waals surface area contributed by atoms with Crippen molar-refractivity contribution < 1.29 is 21.8 Å². The Morgan fingerprint density at radius 2 is 1.83 bits per heavy atom. The highest BCUT2D eigenvalue weighted by molar-refractivity contribution is 7.86. The number of carbonyl (C=O) groups excluding carboxylic acids is 1. The number of amides is 1. The van der Waals surface area contributed by atoms with Crippen molar-refractivity contribution in [3.8, 4) is 0 Å². The monoisotopic (exact) mass is 283 g/mol. The maximum absolute atomic E-state index is 12.4. The Kier molecular flexibility index (Phi) is 6.06. The van der Waals surface area contributed by atoms with E-state index in [4.69, 9.17) is 4.74 Å². The summed E-state index contributed by atoms with van der Waals surface area (Å²) >= 11 is 0. The minimum absolute atomic E-state index is 0.0146. The van der Waals surface area contributed by atoms with E-state index in [0.717, 1.165) is 0 Å². The van der Waals surface area contributed by atoms with E-state index in [1.165, 1.54) is 0 Å². The fraction of sp³-hybridized carbons (Fsp3) is 0.909. The molecular weight excluding hydrogens is 261 g/mol. The van der Waals surface area contributed by atoms with Gasteiger partial charge in [0.05, 0.1) is 5.75 Å². The second-order valence-electron chi connectivity index (χ2n) is 5.53. The van der Waals surface area contributed by atoms with Crippen LogP contribution in [-0.4, -0.2) is 31.9 Å². The van der Waals surface area contributed by atoms with Gasteiger partial charge in [0.15, 0.2) is 0 Å². The smallest absolute Gasteiger partial charge is 0.407 e. The molecule has 7 heteroatoms. The van der Waals surface area contributed by atoms with Crippen LogP contribution in [0.15, 0.2) is 0 Å². The first kappa shape index (κ1) is 17.2. The van der Waals surface area contributed by atoms with Crippen LogP contribution >= 0.6 is 0 Å². The Bertz CT molecular complexity index is 373. The standard InChI is InChI=1S/C11H22FNO4S/c1-8(2)9(6-7-18(12,15)16)13-10(14)17-11(3,4)5/h8-9H,6-7H2,1-5H3,(H,13,14). The Labute approximate surface area is 108 Å². The molecule has 0 aromatic carbocycles. The van der Waals surface area contributed by atoms with Crippen molar-refractivity contribution >= 4 is 16.3 Å². The van der Waals surface area contributed by atoms with Gasteiger partial charge in [0.2, 0.25) is 0 Å². The predicted molar refractivity (Wildman–Crippen MR) is 67.5 cm³/mol. The van der Waals surface area contributed by atoms with Crippen LogP contribution in [0.25, 0.3) is 0 Å². The summed E-state index contributed by atoms with van der Waals surface area (Å²) in [6.45, 7) is 8.80. The Balaban J connectivity index is 4.41. The molecule has 0 saturated heterocycles. The SMILES string of the molecule is CC(C)C(CCS(=O)(=O)F)NC(=O)OC(C)(C)C. The highest BCUT2D eigenvalue weighted by Crippen LogP contribution is 2.11. The molecule has 0 aliphatic rings. The summed E-state index contributed by atoms with van der Waals surface area (Å²) in [6.07, 6.45) is -0.604. The van der Waals surface area contributed by atoms with Crippen LogP contribution in [-0.2, 0) is 15.0 Å². The first-order valence-electron chi connectivity index (χ1n) is 5.82. The van der Waals surface area contributed by atoms with Gasteiger partial charge in [-0.05, 0) is 33.1 Å². The van der Waals surface area contributed by atoms with Crippen LogP contribution in [0.1, 0.15) is 41.0 Å². The topological polar surface area (TPSA) is 72.5 Å². The van der Waals surface area contributed by atoms with Crippen LogP contribution in [0.5, 0.6) is 0 Å². The molecule has 108 valence electrons. The lowest BCUT2D eigenvalue weighted by molar-refractivity contribution is 0.0489. The van der Waals surface area contributed by atoms with Gasteiger partial charge in [-0.2, -0.15) is 8.42 Å². The summed E-state index contributed by atoms with van der Waals surface area (Å²) in [6, 6.07) is -0.439. The van der Waals surface area contributed by atoms with E-state index >= 15 is 0 Å². The van der Waals surface area contributed by atoms with E-state index in [2.05, 4.69) is 5.32 Å². The average Bonchev–Trinajstić information content (AvgIpc) is 2.06. The first-order valence-corrected chi connectivity index (χ1v) is 7.38. The number of halogens is 1. The lowest BCUT2D eigenvalue weighted by Crippen LogP contribution is -2.42. The number of rotatable bonds is 5. The quantitative estimate of drug-likeness (QED) is 0.785. The van der Waals surface area contributed by atoms with Crippen LogP contribution in [0.3, 0.4) is 0 Å². The molecule has 0 aromatic rings. The van der Waals surface area contributed by atoms with Gasteiger partial charge in [0.1, 0.15) is 5.60 Å². The number of hydrogen-bond donors (Lipinski definition) is 1. The molecule has 0 heterocycles. The van der Waals surface area contributed by atoms with E-state index in [1.807, 2.05) is 13.8 Å². The average molecular weight is 283 g/mol. The molecule has 18 heavy (non-hydrogen) atoms. The van der Waals surface area contributed by atoms with Crippen molar-refractivity contribution in [2.75, 3.05) is 5.75 Å². The molecule has 0 aliphatic carbocycles. The van der Waals surface area contributed by atoms with Crippen molar-refractivity contribution in [3.05, 3.63) is 0 Å². The van der Waals surface area contributed by atoms with Gasteiger partial charge in [-0.3, -0.25) is 0 Å². The highest BCUT2D eigenvalue weighted by atomic mass is 32.3. The molecule has 0 radical (unpaired) electrons. The zero-order valence-corrected chi connectivity index (χ0v) is 12.3. The summed E-state index contributed by atoms with van der Waals surface area (Å²) in [5.74, 6) is -0.620. The van der Waals surface area contributed by atoms with Gasteiger partial charge in [-0.1, -0.05) is 13.8 Å². The van der Waals surface area contributed by atoms with Crippen molar-refractivity contribution in [2.45, 2.75) is 52.7 Å². The van der Waals surface area contributed by atoms with Gasteiger partial charge < -0.3 is 10.1 Å². The lowest BCUT2D eigenvalue weighted by atomic mass is 10.0. The van der Waals surface area contributed by atoms with E-state index < -0.39 is 33.7 Å². The zero-order valence-electron chi connectivity index (χ0n) is 11.5. The summed E-state index contributed by atoms with van der Waals surface area (Å²) in [5, 5.41) is 2.55. The fourth-order valence-corrected chi connectivity index (χ4v) is 1.83. The molecule has 0 rings (SSSR count). The molecule has 0 fully saturated rings. The largest absolute Gasteiger partial charge is 0.444 e. The van der Waals surface area contributed by atoms with E-state index in [-0.39, 0.29) is 12.3 Å². The third kappa shape index (κ3) is 9.21. The van der Waals surface area contributed by atoms with Crippen molar-refractivity contribution in [2.24, 2.45) is 5.92 Å². The molecule has 1 amide bonds. The Morgan fingerprint density at radius 3 is 2.17 bits per heavy atom. The van der Waals surface area contributed by atoms with Gasteiger partial charge in [-0.15, -0.1) is 3.89 Å². The minimum Gasteiger partial charge on any atom is -0.444 e. The summed E-state index contributed by atoms with van der Waals surface area (Å²) in [5.41, 5.74) is -0.627. The molecule has 0 saturated carbocycles. The molecule has 0 bridgehead atoms. The van der Waals surface area contributed by atoms with E-state index in [0.29, 0.717) is 0 Å². The van der Waals surface area contributed by atoms with Gasteiger partial charge in [0.25, 0.3) is 0 Å². The first-order chi connectivity index (χ1) is 7.91. The third-order valence-corrected chi connectivity index (χ3v) is 2.90.